The van der Waals surface area contributed by atoms with Gasteiger partial charge < -0.3 is 9.31 Å². The Kier molecular flexibility index (Phi) is 4.07. The second kappa shape index (κ2) is 5.16. The first-order valence-electron chi connectivity index (χ1n) is 6.17. The smallest absolute Gasteiger partial charge is 0.399 e. The molecule has 0 N–H and O–H groups in total. The van der Waals surface area contributed by atoms with Crippen molar-refractivity contribution in [1.29, 1.82) is 0 Å². The van der Waals surface area contributed by atoms with Gasteiger partial charge in [-0.2, -0.15) is 0 Å². The Morgan fingerprint density at radius 2 is 1.95 bits per heavy atom. The number of halogens is 1. The SMILES string of the molecule is CC1(C)OB(c2cnc(C(=O)CCCl)s2)OC1(C)C. The minimum Gasteiger partial charge on any atom is -0.399 e. The van der Waals surface area contributed by atoms with Crippen molar-refractivity contribution in [2.24, 2.45) is 0 Å². The summed E-state index contributed by atoms with van der Waals surface area (Å²) >= 11 is 6.87. The Hall–Kier alpha value is -0.425. The van der Waals surface area contributed by atoms with E-state index >= 15 is 0 Å². The lowest BCUT2D eigenvalue weighted by Gasteiger charge is -2.32. The van der Waals surface area contributed by atoms with Crippen molar-refractivity contribution < 1.29 is 14.1 Å². The zero-order chi connectivity index (χ0) is 14.3. The number of Topliss-reactive ketones (excluding diaryl/α,β-unsaturated/α-hetero) is 1. The molecule has 1 aromatic heterocycles. The van der Waals surface area contributed by atoms with Gasteiger partial charge in [0.05, 0.1) is 16.0 Å². The van der Waals surface area contributed by atoms with Crippen molar-refractivity contribution in [3.63, 3.8) is 0 Å². The maximum Gasteiger partial charge on any atom is 0.507 e. The van der Waals surface area contributed by atoms with Gasteiger partial charge in [0.15, 0.2) is 10.8 Å². The summed E-state index contributed by atoms with van der Waals surface area (Å²) in [6.45, 7) is 7.97. The molecule has 1 aliphatic rings. The minimum absolute atomic E-state index is 0.0391. The molecule has 0 radical (unpaired) electrons. The first kappa shape index (κ1) is 15.0. The Bertz CT molecular complexity index is 473. The van der Waals surface area contributed by atoms with Crippen LogP contribution in [-0.2, 0) is 9.31 Å². The number of rotatable bonds is 4. The molecule has 0 unspecified atom stereocenters. The fourth-order valence-electron chi connectivity index (χ4n) is 1.68. The van der Waals surface area contributed by atoms with Crippen molar-refractivity contribution in [2.45, 2.75) is 45.3 Å². The summed E-state index contributed by atoms with van der Waals surface area (Å²) in [5.74, 6) is 0.271. The minimum atomic E-state index is -0.458. The van der Waals surface area contributed by atoms with Crippen LogP contribution in [-0.4, -0.2) is 35.0 Å². The molecule has 0 saturated carbocycles. The van der Waals surface area contributed by atoms with E-state index in [1.54, 1.807) is 6.20 Å². The number of nitrogens with zero attached hydrogens (tertiary/aromatic N) is 1. The third-order valence-electron chi connectivity index (χ3n) is 3.57. The third-order valence-corrected chi connectivity index (χ3v) is 4.82. The van der Waals surface area contributed by atoms with E-state index in [0.717, 1.165) is 4.78 Å². The van der Waals surface area contributed by atoms with Crippen LogP contribution >= 0.6 is 22.9 Å². The summed E-state index contributed by atoms with van der Waals surface area (Å²) < 4.78 is 12.6. The van der Waals surface area contributed by atoms with Gasteiger partial charge in [-0.05, 0) is 27.7 Å². The van der Waals surface area contributed by atoms with E-state index in [-0.39, 0.29) is 17.0 Å². The molecule has 0 amide bonds. The second-order valence-electron chi connectivity index (χ2n) is 5.52. The summed E-state index contributed by atoms with van der Waals surface area (Å²) in [6, 6.07) is 0. The Labute approximate surface area is 122 Å². The predicted molar refractivity (Wildman–Crippen MR) is 77.5 cm³/mol. The molecule has 0 spiro atoms. The maximum absolute atomic E-state index is 11.7. The molecule has 104 valence electrons. The van der Waals surface area contributed by atoms with Gasteiger partial charge in [0.25, 0.3) is 0 Å². The molecule has 1 saturated heterocycles. The van der Waals surface area contributed by atoms with Gasteiger partial charge in [-0.3, -0.25) is 4.79 Å². The van der Waals surface area contributed by atoms with Crippen LogP contribution in [0.3, 0.4) is 0 Å². The van der Waals surface area contributed by atoms with Crippen LogP contribution in [0, 0.1) is 0 Å². The van der Waals surface area contributed by atoms with Crippen LogP contribution in [0.25, 0.3) is 0 Å². The number of thiazole rings is 1. The molecule has 2 rings (SSSR count). The molecule has 1 aliphatic heterocycles. The average molecular weight is 302 g/mol. The zero-order valence-corrected chi connectivity index (χ0v) is 13.1. The van der Waals surface area contributed by atoms with Gasteiger partial charge in [-0.1, -0.05) is 0 Å². The van der Waals surface area contributed by atoms with E-state index in [1.165, 1.54) is 11.3 Å². The number of alkyl halides is 1. The highest BCUT2D eigenvalue weighted by Gasteiger charge is 2.52. The van der Waals surface area contributed by atoms with Crippen molar-refractivity contribution >= 4 is 40.6 Å². The van der Waals surface area contributed by atoms with Gasteiger partial charge in [0.1, 0.15) is 0 Å². The number of aromatic nitrogens is 1. The highest BCUT2D eigenvalue weighted by molar-refractivity contribution is 7.23. The molecular weight excluding hydrogens is 284 g/mol. The van der Waals surface area contributed by atoms with E-state index in [2.05, 4.69) is 4.98 Å². The number of carbonyl (C=O) groups is 1. The van der Waals surface area contributed by atoms with Crippen molar-refractivity contribution in [3.05, 3.63) is 11.2 Å². The number of ketones is 1. The molecule has 7 heteroatoms. The van der Waals surface area contributed by atoms with Gasteiger partial charge >= 0.3 is 7.12 Å². The summed E-state index contributed by atoms with van der Waals surface area (Å²) in [6.07, 6.45) is 1.95. The fourth-order valence-corrected chi connectivity index (χ4v) is 2.69. The Morgan fingerprint density at radius 3 is 2.47 bits per heavy atom. The van der Waals surface area contributed by atoms with E-state index in [1.807, 2.05) is 27.7 Å². The van der Waals surface area contributed by atoms with E-state index in [4.69, 9.17) is 20.9 Å². The molecule has 0 atom stereocenters. The number of carbonyl (C=O) groups excluding carboxylic acids is 1. The monoisotopic (exact) mass is 301 g/mol. The molecule has 0 bridgehead atoms. The van der Waals surface area contributed by atoms with Gasteiger partial charge in [0, 0.05) is 18.5 Å². The molecule has 2 heterocycles. The predicted octanol–water partition coefficient (Wildman–Crippen LogP) is 2.25. The normalized spacial score (nSPS) is 20.8. The quantitative estimate of drug-likeness (QED) is 0.486. The third kappa shape index (κ3) is 2.87. The molecule has 1 aromatic rings. The van der Waals surface area contributed by atoms with Crippen LogP contribution in [0.5, 0.6) is 0 Å². The van der Waals surface area contributed by atoms with Crippen LogP contribution in [0.4, 0.5) is 0 Å². The Balaban J connectivity index is 2.15. The summed E-state index contributed by atoms with van der Waals surface area (Å²) in [5, 5.41) is 0.463. The van der Waals surface area contributed by atoms with Crippen LogP contribution in [0.15, 0.2) is 6.20 Å². The maximum atomic E-state index is 11.7. The molecule has 19 heavy (non-hydrogen) atoms. The lowest BCUT2D eigenvalue weighted by Crippen LogP contribution is -2.41. The van der Waals surface area contributed by atoms with Crippen LogP contribution in [0.1, 0.15) is 43.9 Å². The van der Waals surface area contributed by atoms with Gasteiger partial charge in [-0.15, -0.1) is 22.9 Å². The zero-order valence-electron chi connectivity index (χ0n) is 11.5. The first-order chi connectivity index (χ1) is 8.77. The summed E-state index contributed by atoms with van der Waals surface area (Å²) in [4.78, 5) is 15.8. The first-order valence-corrected chi connectivity index (χ1v) is 7.52. The van der Waals surface area contributed by atoms with Crippen LogP contribution < -0.4 is 4.78 Å². The summed E-state index contributed by atoms with van der Waals surface area (Å²) in [5.41, 5.74) is -0.774. The van der Waals surface area contributed by atoms with Gasteiger partial charge in [0.2, 0.25) is 0 Å². The standard InChI is InChI=1S/C12H17BClNO3S/c1-11(2)12(3,4)18-13(17-11)9-7-15-10(19-9)8(16)5-6-14/h7H,5-6H2,1-4H3. The molecule has 0 aliphatic carbocycles. The van der Waals surface area contributed by atoms with E-state index in [0.29, 0.717) is 17.3 Å². The second-order valence-corrected chi connectivity index (χ2v) is 6.96. The highest BCUT2D eigenvalue weighted by atomic mass is 35.5. The van der Waals surface area contributed by atoms with Crippen LogP contribution in [0.2, 0.25) is 0 Å². The highest BCUT2D eigenvalue weighted by Crippen LogP contribution is 2.36. The van der Waals surface area contributed by atoms with Crippen molar-refractivity contribution in [1.82, 2.24) is 4.98 Å². The number of hydrogen-bond donors (Lipinski definition) is 0. The molecule has 1 fully saturated rings. The molecule has 0 aromatic carbocycles. The molecule has 4 nitrogen and oxygen atoms in total. The number of hydrogen-bond acceptors (Lipinski definition) is 5. The van der Waals surface area contributed by atoms with E-state index in [9.17, 15) is 4.79 Å². The lowest BCUT2D eigenvalue weighted by atomic mass is 9.89. The lowest BCUT2D eigenvalue weighted by molar-refractivity contribution is 0.00578. The van der Waals surface area contributed by atoms with Crippen molar-refractivity contribution in [2.75, 3.05) is 5.88 Å². The fraction of sp³-hybridized carbons (Fsp3) is 0.667. The largest absolute Gasteiger partial charge is 0.507 e. The van der Waals surface area contributed by atoms with Crippen molar-refractivity contribution in [3.8, 4) is 0 Å². The molecular formula is C12H17BClNO3S. The average Bonchev–Trinajstić information content (AvgIpc) is 2.83. The van der Waals surface area contributed by atoms with Gasteiger partial charge in [-0.25, -0.2) is 4.98 Å². The topological polar surface area (TPSA) is 48.4 Å². The summed E-state index contributed by atoms with van der Waals surface area (Å²) in [7, 11) is -0.458. The van der Waals surface area contributed by atoms with E-state index < -0.39 is 7.12 Å². The Morgan fingerprint density at radius 1 is 1.37 bits per heavy atom.